The zero-order valence-electron chi connectivity index (χ0n) is 19.7. The fourth-order valence-electron chi connectivity index (χ4n) is 4.74. The Hall–Kier alpha value is -4.22. The van der Waals surface area contributed by atoms with E-state index in [0.29, 0.717) is 26.9 Å². The standard InChI is InChI=1S/C28H23N3O4S/c1-31-25(24(17-9-3-2-4-10-17)19-12-5-6-13-20(19)27(31)33)28(34)35-16-23(32)30-26-21(15-29)18-11-7-8-14-22(18)36-26/h2-6,9-10,12-13H,7-8,11,14,16H2,1H3,(H,30,32). The monoisotopic (exact) mass is 497 g/mol. The molecule has 0 radical (unpaired) electrons. The van der Waals surface area contributed by atoms with E-state index in [2.05, 4.69) is 11.4 Å². The van der Waals surface area contributed by atoms with E-state index >= 15 is 0 Å². The van der Waals surface area contributed by atoms with E-state index in [0.717, 1.165) is 41.7 Å². The third kappa shape index (κ3) is 4.18. The van der Waals surface area contributed by atoms with Crippen molar-refractivity contribution in [1.29, 1.82) is 5.26 Å². The van der Waals surface area contributed by atoms with E-state index in [-0.39, 0.29) is 11.3 Å². The topological polar surface area (TPSA) is 101 Å². The Kier molecular flexibility index (Phi) is 6.40. The molecule has 8 heteroatoms. The summed E-state index contributed by atoms with van der Waals surface area (Å²) in [5.41, 5.74) is 2.57. The van der Waals surface area contributed by atoms with Gasteiger partial charge in [-0.3, -0.25) is 9.59 Å². The van der Waals surface area contributed by atoms with Crippen LogP contribution < -0.4 is 10.9 Å². The van der Waals surface area contributed by atoms with Crippen molar-refractivity contribution in [2.24, 2.45) is 7.05 Å². The lowest BCUT2D eigenvalue weighted by Crippen LogP contribution is -2.28. The Balaban J connectivity index is 1.44. The second-order valence-electron chi connectivity index (χ2n) is 8.65. The number of nitriles is 1. The molecule has 0 spiro atoms. The summed E-state index contributed by atoms with van der Waals surface area (Å²) in [4.78, 5) is 40.1. The van der Waals surface area contributed by atoms with E-state index in [9.17, 15) is 19.6 Å². The van der Waals surface area contributed by atoms with Crippen molar-refractivity contribution < 1.29 is 14.3 Å². The van der Waals surface area contributed by atoms with Gasteiger partial charge in [-0.2, -0.15) is 5.26 Å². The maximum Gasteiger partial charge on any atom is 0.356 e. The molecule has 0 atom stereocenters. The molecule has 0 bridgehead atoms. The van der Waals surface area contributed by atoms with Crippen LogP contribution in [-0.4, -0.2) is 23.1 Å². The molecule has 0 saturated carbocycles. The normalized spacial score (nSPS) is 12.6. The number of thiophene rings is 1. The van der Waals surface area contributed by atoms with Crippen LogP contribution in [0.3, 0.4) is 0 Å². The Morgan fingerprint density at radius 3 is 2.50 bits per heavy atom. The van der Waals surface area contributed by atoms with Crippen molar-refractivity contribution in [3.63, 3.8) is 0 Å². The first kappa shape index (κ1) is 23.5. The van der Waals surface area contributed by atoms with Crippen LogP contribution in [0.5, 0.6) is 0 Å². The van der Waals surface area contributed by atoms with Crippen molar-refractivity contribution in [1.82, 2.24) is 4.57 Å². The molecule has 0 fully saturated rings. The van der Waals surface area contributed by atoms with Gasteiger partial charge in [-0.25, -0.2) is 4.79 Å². The maximum atomic E-state index is 13.3. The highest BCUT2D eigenvalue weighted by Crippen LogP contribution is 2.37. The highest BCUT2D eigenvalue weighted by molar-refractivity contribution is 7.16. The van der Waals surface area contributed by atoms with Crippen molar-refractivity contribution in [2.75, 3.05) is 11.9 Å². The number of nitrogens with zero attached hydrogens (tertiary/aromatic N) is 2. The van der Waals surface area contributed by atoms with Crippen LogP contribution in [-0.2, 0) is 29.4 Å². The zero-order valence-corrected chi connectivity index (χ0v) is 20.5. The predicted octanol–water partition coefficient (Wildman–Crippen LogP) is 4.81. The number of ether oxygens (including phenoxy) is 1. The van der Waals surface area contributed by atoms with Crippen molar-refractivity contribution in [3.8, 4) is 17.2 Å². The number of hydrogen-bond acceptors (Lipinski definition) is 6. The summed E-state index contributed by atoms with van der Waals surface area (Å²) in [5.74, 6) is -1.31. The number of esters is 1. The van der Waals surface area contributed by atoms with E-state index in [1.165, 1.54) is 23.0 Å². The number of anilines is 1. The van der Waals surface area contributed by atoms with E-state index < -0.39 is 18.5 Å². The first-order valence-electron chi connectivity index (χ1n) is 11.7. The van der Waals surface area contributed by atoms with Crippen LogP contribution in [0.25, 0.3) is 21.9 Å². The number of pyridine rings is 1. The first-order chi connectivity index (χ1) is 17.5. The maximum absolute atomic E-state index is 13.3. The SMILES string of the molecule is Cn1c(C(=O)OCC(=O)Nc2sc3c(c2C#N)CCCC3)c(-c2ccccc2)c2ccccc2c1=O. The second-order valence-corrected chi connectivity index (χ2v) is 9.76. The molecule has 4 aromatic rings. The second kappa shape index (κ2) is 9.80. The van der Waals surface area contributed by atoms with E-state index in [1.54, 1.807) is 18.2 Å². The third-order valence-corrected chi connectivity index (χ3v) is 7.64. The van der Waals surface area contributed by atoms with Gasteiger partial charge in [0, 0.05) is 22.9 Å². The van der Waals surface area contributed by atoms with Crippen molar-refractivity contribution in [2.45, 2.75) is 25.7 Å². The lowest BCUT2D eigenvalue weighted by molar-refractivity contribution is -0.119. The Labute approximate surface area is 211 Å². The highest BCUT2D eigenvalue weighted by atomic mass is 32.1. The smallest absolute Gasteiger partial charge is 0.356 e. The molecule has 2 aromatic heterocycles. The minimum Gasteiger partial charge on any atom is -0.451 e. The van der Waals surface area contributed by atoms with Gasteiger partial charge in [0.15, 0.2) is 6.61 Å². The number of amides is 1. The van der Waals surface area contributed by atoms with E-state index in [1.807, 2.05) is 36.4 Å². The minimum absolute atomic E-state index is 0.0713. The molecule has 5 rings (SSSR count). The molecule has 2 aromatic carbocycles. The van der Waals surface area contributed by atoms with Crippen LogP contribution in [0.1, 0.15) is 39.3 Å². The third-order valence-electron chi connectivity index (χ3n) is 6.43. The van der Waals surface area contributed by atoms with Gasteiger partial charge in [0.1, 0.15) is 16.8 Å². The summed E-state index contributed by atoms with van der Waals surface area (Å²) in [6.07, 6.45) is 3.82. The first-order valence-corrected chi connectivity index (χ1v) is 12.5. The molecule has 0 aliphatic heterocycles. The number of hydrogen-bond donors (Lipinski definition) is 1. The molecule has 1 N–H and O–H groups in total. The number of carbonyl (C=O) groups excluding carboxylic acids is 2. The molecule has 180 valence electrons. The van der Waals surface area contributed by atoms with Crippen LogP contribution in [0, 0.1) is 11.3 Å². The zero-order chi connectivity index (χ0) is 25.2. The number of aromatic nitrogens is 1. The van der Waals surface area contributed by atoms with Gasteiger partial charge in [-0.15, -0.1) is 11.3 Å². The van der Waals surface area contributed by atoms with Gasteiger partial charge in [0.05, 0.1) is 5.56 Å². The van der Waals surface area contributed by atoms with Gasteiger partial charge in [0.25, 0.3) is 11.5 Å². The highest BCUT2D eigenvalue weighted by Gasteiger charge is 2.25. The molecule has 1 amide bonds. The fourth-order valence-corrected chi connectivity index (χ4v) is 5.99. The average Bonchev–Trinajstić information content (AvgIpc) is 3.26. The molecule has 7 nitrogen and oxygen atoms in total. The number of benzene rings is 2. The van der Waals surface area contributed by atoms with Crippen molar-refractivity contribution in [3.05, 3.63) is 86.6 Å². The fraction of sp³-hybridized carbons (Fsp3) is 0.214. The van der Waals surface area contributed by atoms with Crippen LogP contribution in [0.15, 0.2) is 59.4 Å². The van der Waals surface area contributed by atoms with Crippen LogP contribution in [0.2, 0.25) is 0 Å². The number of fused-ring (bicyclic) bond motifs is 2. The minimum atomic E-state index is -0.777. The Morgan fingerprint density at radius 1 is 1.06 bits per heavy atom. The van der Waals surface area contributed by atoms with Crippen LogP contribution in [0.4, 0.5) is 5.00 Å². The summed E-state index contributed by atoms with van der Waals surface area (Å²) < 4.78 is 6.67. The van der Waals surface area contributed by atoms with Gasteiger partial charge >= 0.3 is 5.97 Å². The van der Waals surface area contributed by atoms with Gasteiger partial charge in [0.2, 0.25) is 0 Å². The number of carbonyl (C=O) groups is 2. The number of rotatable bonds is 5. The summed E-state index contributed by atoms with van der Waals surface area (Å²) in [6, 6.07) is 18.6. The van der Waals surface area contributed by atoms with Crippen LogP contribution >= 0.6 is 11.3 Å². The lowest BCUT2D eigenvalue weighted by Gasteiger charge is -2.16. The summed E-state index contributed by atoms with van der Waals surface area (Å²) >= 11 is 1.41. The molecule has 2 heterocycles. The van der Waals surface area contributed by atoms with Crippen molar-refractivity contribution >= 4 is 39.0 Å². The molecule has 0 saturated heterocycles. The average molecular weight is 498 g/mol. The molecule has 0 unspecified atom stereocenters. The summed E-state index contributed by atoms with van der Waals surface area (Å²) in [6.45, 7) is -0.540. The predicted molar refractivity (Wildman–Crippen MR) is 139 cm³/mol. The van der Waals surface area contributed by atoms with E-state index in [4.69, 9.17) is 4.74 Å². The van der Waals surface area contributed by atoms with Gasteiger partial charge < -0.3 is 14.6 Å². The molecule has 1 aliphatic carbocycles. The Bertz CT molecular complexity index is 1600. The van der Waals surface area contributed by atoms with Gasteiger partial charge in [-0.1, -0.05) is 48.5 Å². The molecule has 1 aliphatic rings. The quantitative estimate of drug-likeness (QED) is 0.399. The summed E-state index contributed by atoms with van der Waals surface area (Å²) in [5, 5.41) is 14.0. The molecule has 36 heavy (non-hydrogen) atoms. The van der Waals surface area contributed by atoms with Gasteiger partial charge in [-0.05, 0) is 48.3 Å². The summed E-state index contributed by atoms with van der Waals surface area (Å²) in [7, 11) is 1.52. The molecular weight excluding hydrogens is 474 g/mol. The Morgan fingerprint density at radius 2 is 1.75 bits per heavy atom. The number of nitrogens with one attached hydrogen (secondary N) is 1. The number of aryl methyl sites for hydroxylation is 1. The largest absolute Gasteiger partial charge is 0.451 e. The lowest BCUT2D eigenvalue weighted by atomic mass is 9.96. The molecular formula is C28H23N3O4S.